The Balaban J connectivity index is 0.000000150. The van der Waals surface area contributed by atoms with Crippen molar-refractivity contribution in [2.45, 2.75) is 134 Å². The van der Waals surface area contributed by atoms with Crippen molar-refractivity contribution < 1.29 is 0 Å². The van der Waals surface area contributed by atoms with Gasteiger partial charge in [0.1, 0.15) is 8.24 Å². The van der Waals surface area contributed by atoms with Crippen molar-refractivity contribution in [2.75, 3.05) is 0 Å². The highest BCUT2D eigenvalue weighted by Crippen LogP contribution is 2.58. The predicted octanol–water partition coefficient (Wildman–Crippen LogP) is 9.37. The summed E-state index contributed by atoms with van der Waals surface area (Å²) in [6.45, 7) is 14.4. The van der Waals surface area contributed by atoms with Crippen molar-refractivity contribution in [3.8, 4) is 0 Å². The second-order valence-corrected chi connectivity index (χ2v) is 27.5. The zero-order valence-electron chi connectivity index (χ0n) is 26.2. The number of benzene rings is 1. The highest BCUT2D eigenvalue weighted by Gasteiger charge is 2.54. The van der Waals surface area contributed by atoms with Crippen LogP contribution < -0.4 is 9.96 Å². The molecule has 1 atom stereocenters. The Hall–Kier alpha value is -0.396. The van der Waals surface area contributed by atoms with Gasteiger partial charge in [-0.05, 0) is 156 Å². The number of hydrogen-bond donors (Lipinski definition) is 2. The van der Waals surface area contributed by atoms with E-state index in [0.717, 1.165) is 35.5 Å². The van der Waals surface area contributed by atoms with Crippen LogP contribution >= 0.6 is 11.1 Å². The van der Waals surface area contributed by atoms with Crippen LogP contribution in [0.2, 0.25) is 26.2 Å². The van der Waals surface area contributed by atoms with Crippen molar-refractivity contribution in [1.82, 2.24) is 9.96 Å². The van der Waals surface area contributed by atoms with Crippen molar-refractivity contribution in [2.24, 2.45) is 35.5 Å². The van der Waals surface area contributed by atoms with E-state index in [9.17, 15) is 0 Å². The van der Waals surface area contributed by atoms with Gasteiger partial charge in [-0.15, -0.1) is 11.1 Å². The summed E-state index contributed by atoms with van der Waals surface area (Å²) in [6.07, 6.45) is 17.8. The molecule has 8 bridgehead atoms. The summed E-state index contributed by atoms with van der Waals surface area (Å²) in [4.78, 5) is 8.31. The molecule has 8 fully saturated rings. The van der Waals surface area contributed by atoms with Crippen molar-refractivity contribution in [3.05, 3.63) is 41.0 Å². The highest BCUT2D eigenvalue weighted by molar-refractivity contribution is 7.17. The predicted molar refractivity (Wildman–Crippen MR) is 176 cm³/mol. The summed E-state index contributed by atoms with van der Waals surface area (Å²) < 4.78 is 0. The van der Waals surface area contributed by atoms with Crippen molar-refractivity contribution in [3.63, 3.8) is 0 Å². The first-order valence-corrected chi connectivity index (χ1v) is 23.9. The molecule has 2 nitrogen and oxygen atoms in total. The number of fused-ring (bicyclic) bond motifs is 1. The maximum Gasteiger partial charge on any atom is 0.220 e. The fourth-order valence-electron chi connectivity index (χ4n) is 12.6. The Morgan fingerprint density at radius 2 is 1.05 bits per heavy atom. The van der Waals surface area contributed by atoms with Crippen LogP contribution in [-0.4, -0.2) is 26.9 Å². The molecule has 0 saturated heterocycles. The third kappa shape index (κ3) is 5.18. The molecule has 5 heteroatoms. The Kier molecular flexibility index (Phi) is 6.96. The molecule has 0 amide bonds. The van der Waals surface area contributed by atoms with Gasteiger partial charge < -0.3 is 9.96 Å². The highest BCUT2D eigenvalue weighted by atomic mass is 35.6. The van der Waals surface area contributed by atoms with E-state index < -0.39 is 15.8 Å². The molecule has 1 aromatic carbocycles. The molecule has 10 rings (SSSR count). The molecule has 0 heterocycles. The molecular weight excluding hydrogens is 540 g/mol. The summed E-state index contributed by atoms with van der Waals surface area (Å²) >= 11 is 6.50. The van der Waals surface area contributed by atoms with Crippen LogP contribution in [0, 0.1) is 35.5 Å². The lowest BCUT2D eigenvalue weighted by molar-refractivity contribution is -0.00991. The van der Waals surface area contributed by atoms with Gasteiger partial charge in [-0.1, -0.05) is 42.9 Å². The molecule has 0 spiro atoms. The molecule has 1 unspecified atom stereocenters. The first kappa shape index (κ1) is 28.4. The molecule has 0 radical (unpaired) electrons. The topological polar surface area (TPSA) is 24.1 Å². The molecule has 8 saturated carbocycles. The number of rotatable bonds is 5. The fraction of sp³-hybridized carbons (Fsp3) is 0.771. The first-order chi connectivity index (χ1) is 18.8. The van der Waals surface area contributed by atoms with Crippen molar-refractivity contribution in [1.29, 1.82) is 0 Å². The van der Waals surface area contributed by atoms with Crippen LogP contribution in [-0.2, 0) is 0 Å². The zero-order valence-corrected chi connectivity index (χ0v) is 29.0. The zero-order chi connectivity index (χ0) is 28.1. The number of nitrogens with one attached hydrogen (secondary N) is 2. The Morgan fingerprint density at radius 1 is 0.650 bits per heavy atom. The van der Waals surface area contributed by atoms with E-state index in [1.54, 1.807) is 11.1 Å². The lowest BCUT2D eigenvalue weighted by Crippen LogP contribution is -2.67. The van der Waals surface area contributed by atoms with E-state index in [4.69, 9.17) is 11.1 Å². The maximum atomic E-state index is 6.50. The van der Waals surface area contributed by atoms with Gasteiger partial charge in [0.15, 0.2) is 0 Å². The molecule has 40 heavy (non-hydrogen) atoms. The lowest BCUT2D eigenvalue weighted by Gasteiger charge is -2.59. The minimum atomic E-state index is -1.62. The van der Waals surface area contributed by atoms with Crippen LogP contribution in [0.3, 0.4) is 0 Å². The number of allylic oxidation sites excluding steroid dienone is 2. The van der Waals surface area contributed by atoms with Crippen LogP contribution in [0.25, 0.3) is 5.57 Å². The molecule has 0 aliphatic heterocycles. The summed E-state index contributed by atoms with van der Waals surface area (Å²) in [6, 6.07) is 9.19. The third-order valence-corrected chi connectivity index (χ3v) is 17.4. The molecule has 0 aromatic heterocycles. The average molecular weight is 595 g/mol. The van der Waals surface area contributed by atoms with Gasteiger partial charge in [0.2, 0.25) is 7.55 Å². The quantitative estimate of drug-likeness (QED) is 0.262. The Morgan fingerprint density at radius 3 is 1.48 bits per heavy atom. The molecule has 220 valence electrons. The van der Waals surface area contributed by atoms with Gasteiger partial charge in [-0.2, -0.15) is 0 Å². The van der Waals surface area contributed by atoms with Gasteiger partial charge >= 0.3 is 0 Å². The standard InChI is InChI=1S/C23H33NSi.C12H22ClNSi/c1-15-16(2)22(21-8-6-5-7-20(15)21)25(3,4)24-23-12-17-9-18(13-23)11-19(10-17)14-23;1-15(2,13)14-12-6-9-3-10(7-12)5-11(4-9)8-12/h5-8,17-19,22,24H,9-14H2,1-4H3;9-11,14H,3-8H2,1-2H3. The van der Waals surface area contributed by atoms with Crippen LogP contribution in [0.4, 0.5) is 0 Å². The second kappa shape index (κ2) is 9.81. The summed E-state index contributed by atoms with van der Waals surface area (Å²) in [5.41, 5.74) is 7.88. The first-order valence-electron chi connectivity index (χ1n) is 16.9. The Bertz CT molecular complexity index is 1110. The minimum absolute atomic E-state index is 0.465. The lowest BCUT2D eigenvalue weighted by atomic mass is 9.53. The fourth-order valence-corrected chi connectivity index (χ4v) is 18.9. The molecule has 9 aliphatic carbocycles. The third-order valence-electron chi connectivity index (χ3n) is 12.6. The van der Waals surface area contributed by atoms with Crippen molar-refractivity contribution >= 4 is 32.4 Å². The van der Waals surface area contributed by atoms with Gasteiger partial charge in [-0.25, -0.2) is 0 Å². The monoisotopic (exact) mass is 594 g/mol. The summed E-state index contributed by atoms with van der Waals surface area (Å²) in [7, 11) is -3.24. The molecule has 9 aliphatic rings. The van der Waals surface area contributed by atoms with E-state index in [0.29, 0.717) is 16.6 Å². The summed E-state index contributed by atoms with van der Waals surface area (Å²) in [5, 5.41) is 0. The van der Waals surface area contributed by atoms with Gasteiger partial charge in [0.05, 0.1) is 0 Å². The molecule has 1 aromatic rings. The van der Waals surface area contributed by atoms with E-state index in [1.165, 1.54) is 88.2 Å². The van der Waals surface area contributed by atoms with Gasteiger partial charge in [0.25, 0.3) is 0 Å². The minimum Gasteiger partial charge on any atom is -0.331 e. The second-order valence-electron chi connectivity index (χ2n) is 17.2. The van der Waals surface area contributed by atoms with Crippen LogP contribution in [0.15, 0.2) is 29.8 Å². The number of halogens is 1. The normalized spacial score (nSPS) is 42.7. The smallest absolute Gasteiger partial charge is 0.220 e. The SMILES string of the molecule is CC1=C(C)C([Si](C)(C)NC23CC4CC(CC(C4)C2)C3)c2ccccc21.C[Si](C)(Cl)NC12CC3CC(CC(C3)C1)C2. The van der Waals surface area contributed by atoms with E-state index in [1.807, 2.05) is 0 Å². The maximum absolute atomic E-state index is 6.50. The van der Waals surface area contributed by atoms with Crippen LogP contribution in [0.5, 0.6) is 0 Å². The average Bonchev–Trinajstić information content (AvgIpc) is 3.06. The molecule has 2 N–H and O–H groups in total. The largest absolute Gasteiger partial charge is 0.331 e. The van der Waals surface area contributed by atoms with Gasteiger partial charge in [0, 0.05) is 16.6 Å². The van der Waals surface area contributed by atoms with Crippen LogP contribution in [0.1, 0.15) is 108 Å². The molecular formula is C35H55ClN2Si2. The Labute approximate surface area is 251 Å². The number of hydrogen-bond acceptors (Lipinski definition) is 2. The van der Waals surface area contributed by atoms with E-state index in [2.05, 4.69) is 74.3 Å². The van der Waals surface area contributed by atoms with E-state index in [-0.39, 0.29) is 0 Å². The van der Waals surface area contributed by atoms with Gasteiger partial charge in [-0.3, -0.25) is 0 Å². The van der Waals surface area contributed by atoms with E-state index >= 15 is 0 Å². The summed E-state index contributed by atoms with van der Waals surface area (Å²) in [5.74, 6) is 6.15.